The lowest BCUT2D eigenvalue weighted by Crippen LogP contribution is -2.50. The molecule has 7 nitrogen and oxygen atoms in total. The fourth-order valence-corrected chi connectivity index (χ4v) is 3.55. The van der Waals surface area contributed by atoms with E-state index in [-0.39, 0.29) is 29.8 Å². The van der Waals surface area contributed by atoms with Crippen LogP contribution in [0.1, 0.15) is 46.1 Å². The van der Waals surface area contributed by atoms with Crippen molar-refractivity contribution in [1.82, 2.24) is 15.5 Å². The molecule has 1 heterocycles. The SMILES string of the molecule is COc1ccc(CNC(=O)C(C)N2CCC(C(=O)NC(C)C(C)C)CC2)cc1OC. The van der Waals surface area contributed by atoms with Crippen LogP contribution in [0.5, 0.6) is 11.5 Å². The van der Waals surface area contributed by atoms with E-state index in [1.54, 1.807) is 14.2 Å². The predicted molar refractivity (Wildman–Crippen MR) is 118 cm³/mol. The fourth-order valence-electron chi connectivity index (χ4n) is 3.55. The van der Waals surface area contributed by atoms with Gasteiger partial charge in [-0.05, 0) is 63.4 Å². The van der Waals surface area contributed by atoms with Gasteiger partial charge in [0.2, 0.25) is 11.8 Å². The monoisotopic (exact) mass is 419 g/mol. The van der Waals surface area contributed by atoms with Crippen molar-refractivity contribution in [2.45, 2.75) is 59.2 Å². The lowest BCUT2D eigenvalue weighted by atomic mass is 9.94. The van der Waals surface area contributed by atoms with Crippen LogP contribution in [0.25, 0.3) is 0 Å². The summed E-state index contributed by atoms with van der Waals surface area (Å²) >= 11 is 0. The highest BCUT2D eigenvalue weighted by atomic mass is 16.5. The van der Waals surface area contributed by atoms with E-state index in [0.29, 0.717) is 24.0 Å². The van der Waals surface area contributed by atoms with Gasteiger partial charge in [0.05, 0.1) is 20.3 Å². The zero-order valence-corrected chi connectivity index (χ0v) is 19.2. The zero-order valence-electron chi connectivity index (χ0n) is 19.2. The second-order valence-corrected chi connectivity index (χ2v) is 8.43. The number of ether oxygens (including phenoxy) is 2. The number of rotatable bonds is 9. The van der Waals surface area contributed by atoms with Gasteiger partial charge in [0, 0.05) is 18.5 Å². The Labute approximate surface area is 180 Å². The third-order valence-corrected chi connectivity index (χ3v) is 6.11. The van der Waals surface area contributed by atoms with Crippen molar-refractivity contribution < 1.29 is 19.1 Å². The highest BCUT2D eigenvalue weighted by Crippen LogP contribution is 2.27. The van der Waals surface area contributed by atoms with Crippen LogP contribution in [0, 0.1) is 11.8 Å². The molecule has 2 rings (SSSR count). The van der Waals surface area contributed by atoms with Gasteiger partial charge in [0.25, 0.3) is 0 Å². The Hall–Kier alpha value is -2.28. The summed E-state index contributed by atoms with van der Waals surface area (Å²) in [5.74, 6) is 1.88. The van der Waals surface area contributed by atoms with E-state index in [1.807, 2.05) is 32.0 Å². The summed E-state index contributed by atoms with van der Waals surface area (Å²) < 4.78 is 10.6. The molecule has 1 aromatic rings. The fraction of sp³-hybridized carbons (Fsp3) is 0.652. The van der Waals surface area contributed by atoms with Gasteiger partial charge >= 0.3 is 0 Å². The number of carbonyl (C=O) groups is 2. The zero-order chi connectivity index (χ0) is 22.3. The summed E-state index contributed by atoms with van der Waals surface area (Å²) in [6.45, 7) is 10.1. The summed E-state index contributed by atoms with van der Waals surface area (Å²) in [7, 11) is 3.19. The minimum atomic E-state index is -0.233. The minimum absolute atomic E-state index is 0.0129. The molecular formula is C23H37N3O4. The van der Waals surface area contributed by atoms with Crippen LogP contribution in [0.3, 0.4) is 0 Å². The molecule has 30 heavy (non-hydrogen) atoms. The highest BCUT2D eigenvalue weighted by Gasteiger charge is 2.30. The average molecular weight is 420 g/mol. The summed E-state index contributed by atoms with van der Waals surface area (Å²) in [6.07, 6.45) is 1.56. The Morgan fingerprint density at radius 3 is 2.27 bits per heavy atom. The number of nitrogens with zero attached hydrogens (tertiary/aromatic N) is 1. The number of nitrogens with one attached hydrogen (secondary N) is 2. The van der Waals surface area contributed by atoms with Crippen molar-refractivity contribution in [1.29, 1.82) is 0 Å². The molecule has 1 aliphatic heterocycles. The number of methoxy groups -OCH3 is 2. The molecule has 1 saturated heterocycles. The first kappa shape index (κ1) is 24.0. The predicted octanol–water partition coefficient (Wildman–Crippen LogP) is 2.58. The largest absolute Gasteiger partial charge is 0.493 e. The number of carbonyl (C=O) groups excluding carboxylic acids is 2. The van der Waals surface area contributed by atoms with E-state index in [1.165, 1.54) is 0 Å². The molecular weight excluding hydrogens is 382 g/mol. The molecule has 2 N–H and O–H groups in total. The van der Waals surface area contributed by atoms with E-state index >= 15 is 0 Å². The molecule has 168 valence electrons. The van der Waals surface area contributed by atoms with E-state index in [4.69, 9.17) is 9.47 Å². The lowest BCUT2D eigenvalue weighted by Gasteiger charge is -2.35. The Kier molecular flexibility index (Phi) is 8.96. The molecule has 0 bridgehead atoms. The van der Waals surface area contributed by atoms with Crippen LogP contribution in [0.4, 0.5) is 0 Å². The van der Waals surface area contributed by atoms with Crippen LogP contribution in [0.2, 0.25) is 0 Å². The van der Waals surface area contributed by atoms with Crippen LogP contribution < -0.4 is 20.1 Å². The van der Waals surface area contributed by atoms with E-state index in [9.17, 15) is 9.59 Å². The number of hydrogen-bond donors (Lipinski definition) is 2. The van der Waals surface area contributed by atoms with Gasteiger partial charge in [0.15, 0.2) is 11.5 Å². The maximum atomic E-state index is 12.6. The van der Waals surface area contributed by atoms with Crippen LogP contribution in [-0.2, 0) is 16.1 Å². The summed E-state index contributed by atoms with van der Waals surface area (Å²) in [4.78, 5) is 27.2. The van der Waals surface area contributed by atoms with E-state index < -0.39 is 0 Å². The maximum Gasteiger partial charge on any atom is 0.237 e. The van der Waals surface area contributed by atoms with Crippen molar-refractivity contribution in [2.75, 3.05) is 27.3 Å². The molecule has 1 aliphatic rings. The molecule has 0 aliphatic carbocycles. The quantitative estimate of drug-likeness (QED) is 0.643. The van der Waals surface area contributed by atoms with Gasteiger partial charge in [-0.3, -0.25) is 14.5 Å². The molecule has 0 radical (unpaired) electrons. The number of piperidine rings is 1. The minimum Gasteiger partial charge on any atom is -0.493 e. The lowest BCUT2D eigenvalue weighted by molar-refractivity contribution is -0.129. The number of amides is 2. The molecule has 7 heteroatoms. The van der Waals surface area contributed by atoms with Gasteiger partial charge in [-0.25, -0.2) is 0 Å². The second kappa shape index (κ2) is 11.2. The standard InChI is InChI=1S/C23H37N3O4/c1-15(2)16(3)25-23(28)19-9-11-26(12-10-19)17(4)22(27)24-14-18-7-8-20(29-5)21(13-18)30-6/h7-8,13,15-17,19H,9-12,14H2,1-6H3,(H,24,27)(H,25,28). The van der Waals surface area contributed by atoms with E-state index in [2.05, 4.69) is 29.4 Å². The molecule has 2 atom stereocenters. The smallest absolute Gasteiger partial charge is 0.237 e. The normalized spacial score (nSPS) is 17.3. The summed E-state index contributed by atoms with van der Waals surface area (Å²) in [6, 6.07) is 5.56. The first-order valence-electron chi connectivity index (χ1n) is 10.8. The van der Waals surface area contributed by atoms with Crippen LogP contribution >= 0.6 is 0 Å². The Bertz CT molecular complexity index is 714. The molecule has 2 unspecified atom stereocenters. The molecule has 0 aromatic heterocycles. The Morgan fingerprint density at radius 1 is 1.07 bits per heavy atom. The third-order valence-electron chi connectivity index (χ3n) is 6.11. The van der Waals surface area contributed by atoms with Crippen molar-refractivity contribution in [3.63, 3.8) is 0 Å². The van der Waals surface area contributed by atoms with Crippen molar-refractivity contribution in [2.24, 2.45) is 11.8 Å². The molecule has 0 saturated carbocycles. The third kappa shape index (κ3) is 6.36. The first-order valence-corrected chi connectivity index (χ1v) is 10.8. The van der Waals surface area contributed by atoms with E-state index in [0.717, 1.165) is 31.5 Å². The van der Waals surface area contributed by atoms with Crippen LogP contribution in [-0.4, -0.2) is 56.1 Å². The van der Waals surface area contributed by atoms with Gasteiger partial charge in [-0.15, -0.1) is 0 Å². The highest BCUT2D eigenvalue weighted by molar-refractivity contribution is 5.81. The Balaban J connectivity index is 1.81. The molecule has 2 amide bonds. The average Bonchev–Trinajstić information content (AvgIpc) is 2.76. The van der Waals surface area contributed by atoms with Crippen molar-refractivity contribution in [3.8, 4) is 11.5 Å². The maximum absolute atomic E-state index is 12.6. The summed E-state index contributed by atoms with van der Waals surface area (Å²) in [5, 5.41) is 6.12. The van der Waals surface area contributed by atoms with Gasteiger partial charge in [0.1, 0.15) is 0 Å². The van der Waals surface area contributed by atoms with Crippen LogP contribution in [0.15, 0.2) is 18.2 Å². The Morgan fingerprint density at radius 2 is 1.70 bits per heavy atom. The second-order valence-electron chi connectivity index (χ2n) is 8.43. The van der Waals surface area contributed by atoms with Crippen molar-refractivity contribution >= 4 is 11.8 Å². The number of hydrogen-bond acceptors (Lipinski definition) is 5. The van der Waals surface area contributed by atoms with Crippen molar-refractivity contribution in [3.05, 3.63) is 23.8 Å². The number of benzene rings is 1. The molecule has 1 aromatic carbocycles. The molecule has 0 spiro atoms. The molecule has 1 fully saturated rings. The van der Waals surface area contributed by atoms with Gasteiger partial charge in [-0.1, -0.05) is 19.9 Å². The topological polar surface area (TPSA) is 79.9 Å². The van der Waals surface area contributed by atoms with Gasteiger partial charge in [-0.2, -0.15) is 0 Å². The summed E-state index contributed by atoms with van der Waals surface area (Å²) in [5.41, 5.74) is 0.947. The first-order chi connectivity index (χ1) is 14.3. The van der Waals surface area contributed by atoms with Gasteiger partial charge < -0.3 is 20.1 Å². The number of likely N-dealkylation sites (tertiary alicyclic amines) is 1.